The number of nitro benzene ring substituents is 1. The van der Waals surface area contributed by atoms with Crippen molar-refractivity contribution in [1.82, 2.24) is 5.32 Å². The summed E-state index contributed by atoms with van der Waals surface area (Å²) >= 11 is 7.79. The van der Waals surface area contributed by atoms with Crippen LogP contribution in [0.4, 0.5) is 5.69 Å². The maximum Gasteiger partial charge on any atom is 0.270 e. The molecule has 1 aromatic carbocycles. The van der Waals surface area contributed by atoms with Crippen LogP contribution in [0.3, 0.4) is 0 Å². The second kappa shape index (κ2) is 6.95. The van der Waals surface area contributed by atoms with E-state index in [9.17, 15) is 14.9 Å². The van der Waals surface area contributed by atoms with Crippen molar-refractivity contribution in [2.45, 2.75) is 24.5 Å². The summed E-state index contributed by atoms with van der Waals surface area (Å²) in [6, 6.07) is 3.88. The van der Waals surface area contributed by atoms with Crippen molar-refractivity contribution in [2.24, 2.45) is 0 Å². The summed E-state index contributed by atoms with van der Waals surface area (Å²) < 4.78 is 0. The lowest BCUT2D eigenvalue weighted by atomic mass is 10.1. The molecule has 1 unspecified atom stereocenters. The number of nitro groups is 1. The highest BCUT2D eigenvalue weighted by Crippen LogP contribution is 2.25. The molecule has 1 atom stereocenters. The third-order valence-corrected chi connectivity index (χ3v) is 4.88. The van der Waals surface area contributed by atoms with E-state index >= 15 is 0 Å². The minimum absolute atomic E-state index is 0.105. The Morgan fingerprint density at radius 1 is 1.50 bits per heavy atom. The van der Waals surface area contributed by atoms with E-state index in [1.165, 1.54) is 31.0 Å². The quantitative estimate of drug-likeness (QED) is 0.684. The SMILES string of the molecule is O=C(NCC1CCCCS1)c1ccc([N+](=O)[O-])cc1Cl. The number of amides is 1. The number of thioether (sulfide) groups is 1. The number of nitrogens with one attached hydrogen (secondary N) is 1. The predicted octanol–water partition coefficient (Wildman–Crippen LogP) is 3.26. The fraction of sp³-hybridized carbons (Fsp3) is 0.462. The Bertz CT molecular complexity index is 518. The zero-order valence-corrected chi connectivity index (χ0v) is 12.4. The highest BCUT2D eigenvalue weighted by molar-refractivity contribution is 7.99. The Morgan fingerprint density at radius 2 is 2.30 bits per heavy atom. The highest BCUT2D eigenvalue weighted by Gasteiger charge is 2.18. The Hall–Kier alpha value is -1.27. The van der Waals surface area contributed by atoms with Gasteiger partial charge in [-0.1, -0.05) is 18.0 Å². The van der Waals surface area contributed by atoms with Gasteiger partial charge in [-0.3, -0.25) is 14.9 Å². The van der Waals surface area contributed by atoms with Gasteiger partial charge in [0.2, 0.25) is 0 Å². The number of benzene rings is 1. The molecular weight excluding hydrogens is 300 g/mol. The number of hydrogen-bond donors (Lipinski definition) is 1. The molecule has 0 aromatic heterocycles. The van der Waals surface area contributed by atoms with E-state index in [-0.39, 0.29) is 22.2 Å². The molecule has 1 amide bonds. The van der Waals surface area contributed by atoms with E-state index < -0.39 is 4.92 Å². The van der Waals surface area contributed by atoms with Gasteiger partial charge in [0.1, 0.15) is 0 Å². The Kier molecular flexibility index (Phi) is 5.25. The summed E-state index contributed by atoms with van der Waals surface area (Å²) in [6.45, 7) is 0.608. The minimum Gasteiger partial charge on any atom is -0.351 e. The summed E-state index contributed by atoms with van der Waals surface area (Å²) in [7, 11) is 0. The molecular formula is C13H15ClN2O3S. The Balaban J connectivity index is 1.96. The van der Waals surface area contributed by atoms with Gasteiger partial charge in [-0.05, 0) is 24.7 Å². The normalized spacial score (nSPS) is 18.6. The average molecular weight is 315 g/mol. The third kappa shape index (κ3) is 3.86. The molecule has 1 fully saturated rings. The van der Waals surface area contributed by atoms with E-state index in [0.29, 0.717) is 11.8 Å². The molecule has 20 heavy (non-hydrogen) atoms. The first-order chi connectivity index (χ1) is 9.58. The molecule has 7 heteroatoms. The highest BCUT2D eigenvalue weighted by atomic mass is 35.5. The number of nitrogens with zero attached hydrogens (tertiary/aromatic N) is 1. The number of carbonyl (C=O) groups excluding carboxylic acids is 1. The molecule has 108 valence electrons. The first-order valence-electron chi connectivity index (χ1n) is 6.41. The summed E-state index contributed by atoms with van der Waals surface area (Å²) in [5.41, 5.74) is 0.160. The molecule has 1 aliphatic heterocycles. The molecule has 0 saturated carbocycles. The van der Waals surface area contributed by atoms with E-state index in [4.69, 9.17) is 11.6 Å². The zero-order valence-electron chi connectivity index (χ0n) is 10.8. The molecule has 0 spiro atoms. The van der Waals surface area contributed by atoms with Crippen molar-refractivity contribution < 1.29 is 9.72 Å². The van der Waals surface area contributed by atoms with Crippen LogP contribution in [0, 0.1) is 10.1 Å². The maximum atomic E-state index is 12.0. The van der Waals surface area contributed by atoms with Gasteiger partial charge in [0, 0.05) is 23.9 Å². The number of halogens is 1. The number of carbonyl (C=O) groups is 1. The lowest BCUT2D eigenvalue weighted by Crippen LogP contribution is -2.32. The summed E-state index contributed by atoms with van der Waals surface area (Å²) in [5.74, 6) is 0.856. The monoisotopic (exact) mass is 314 g/mol. The van der Waals surface area contributed by atoms with E-state index in [2.05, 4.69) is 5.32 Å². The van der Waals surface area contributed by atoms with Gasteiger partial charge in [0.05, 0.1) is 15.5 Å². The van der Waals surface area contributed by atoms with Crippen LogP contribution in [0.5, 0.6) is 0 Å². The van der Waals surface area contributed by atoms with Crippen LogP contribution < -0.4 is 5.32 Å². The van der Waals surface area contributed by atoms with Crippen LogP contribution in [0.25, 0.3) is 0 Å². The molecule has 2 rings (SSSR count). The van der Waals surface area contributed by atoms with Crippen molar-refractivity contribution in [3.63, 3.8) is 0 Å². The van der Waals surface area contributed by atoms with Gasteiger partial charge in [0.15, 0.2) is 0 Å². The molecule has 1 aromatic rings. The van der Waals surface area contributed by atoms with Gasteiger partial charge in [0.25, 0.3) is 11.6 Å². The van der Waals surface area contributed by atoms with Crippen molar-refractivity contribution in [1.29, 1.82) is 0 Å². The third-order valence-electron chi connectivity index (χ3n) is 3.17. The number of hydrogen-bond acceptors (Lipinski definition) is 4. The summed E-state index contributed by atoms with van der Waals surface area (Å²) in [4.78, 5) is 22.1. The zero-order chi connectivity index (χ0) is 14.5. The van der Waals surface area contributed by atoms with E-state index in [1.54, 1.807) is 0 Å². The van der Waals surface area contributed by atoms with Crippen molar-refractivity contribution in [2.75, 3.05) is 12.3 Å². The van der Waals surface area contributed by atoms with Crippen LogP contribution in [0.1, 0.15) is 29.6 Å². The molecule has 0 radical (unpaired) electrons. The Morgan fingerprint density at radius 3 is 2.90 bits per heavy atom. The fourth-order valence-corrected chi connectivity index (χ4v) is 3.57. The van der Waals surface area contributed by atoms with Crippen LogP contribution in [0.2, 0.25) is 5.02 Å². The second-order valence-electron chi connectivity index (χ2n) is 4.62. The largest absolute Gasteiger partial charge is 0.351 e. The Labute approximate surface area is 126 Å². The number of rotatable bonds is 4. The topological polar surface area (TPSA) is 72.2 Å². The molecule has 1 saturated heterocycles. The smallest absolute Gasteiger partial charge is 0.270 e. The van der Waals surface area contributed by atoms with Gasteiger partial charge < -0.3 is 5.32 Å². The molecule has 0 aliphatic carbocycles. The number of non-ortho nitro benzene ring substituents is 1. The predicted molar refractivity (Wildman–Crippen MR) is 80.5 cm³/mol. The molecule has 0 bridgehead atoms. The minimum atomic E-state index is -0.535. The standard InChI is InChI=1S/C13H15ClN2O3S/c14-12-7-9(16(18)19)4-5-11(12)13(17)15-8-10-3-1-2-6-20-10/h4-5,7,10H,1-3,6,8H2,(H,15,17). The maximum absolute atomic E-state index is 12.0. The van der Waals surface area contributed by atoms with Crippen LogP contribution in [0.15, 0.2) is 18.2 Å². The van der Waals surface area contributed by atoms with E-state index in [1.807, 2.05) is 11.8 Å². The van der Waals surface area contributed by atoms with Crippen LogP contribution >= 0.6 is 23.4 Å². The van der Waals surface area contributed by atoms with Crippen molar-refractivity contribution in [3.05, 3.63) is 38.9 Å². The molecule has 1 aliphatic rings. The molecule has 1 heterocycles. The van der Waals surface area contributed by atoms with Gasteiger partial charge in [-0.15, -0.1) is 0 Å². The lowest BCUT2D eigenvalue weighted by Gasteiger charge is -2.21. The first kappa shape index (κ1) is 15.1. The molecule has 1 N–H and O–H groups in total. The van der Waals surface area contributed by atoms with Crippen molar-refractivity contribution in [3.8, 4) is 0 Å². The fourth-order valence-electron chi connectivity index (χ4n) is 2.07. The first-order valence-corrected chi connectivity index (χ1v) is 7.84. The van der Waals surface area contributed by atoms with Crippen LogP contribution in [-0.4, -0.2) is 28.4 Å². The van der Waals surface area contributed by atoms with Gasteiger partial charge in [-0.25, -0.2) is 0 Å². The van der Waals surface area contributed by atoms with Crippen LogP contribution in [-0.2, 0) is 0 Å². The van der Waals surface area contributed by atoms with Gasteiger partial charge >= 0.3 is 0 Å². The lowest BCUT2D eigenvalue weighted by molar-refractivity contribution is -0.384. The molecule has 5 nitrogen and oxygen atoms in total. The van der Waals surface area contributed by atoms with E-state index in [0.717, 1.165) is 12.2 Å². The summed E-state index contributed by atoms with van der Waals surface area (Å²) in [5, 5.41) is 14.0. The second-order valence-corrected chi connectivity index (χ2v) is 6.44. The van der Waals surface area contributed by atoms with Crippen molar-refractivity contribution >= 4 is 35.0 Å². The summed E-state index contributed by atoms with van der Waals surface area (Å²) in [6.07, 6.45) is 3.55. The van der Waals surface area contributed by atoms with Gasteiger partial charge in [-0.2, -0.15) is 11.8 Å². The average Bonchev–Trinajstić information content (AvgIpc) is 2.45.